The monoisotopic (exact) mass is 228 g/mol. The molecule has 0 aliphatic carbocycles. The summed E-state index contributed by atoms with van der Waals surface area (Å²) >= 11 is 0. The molecule has 0 aromatic rings. The van der Waals surface area contributed by atoms with E-state index in [2.05, 4.69) is 4.99 Å². The first-order valence-corrected chi connectivity index (χ1v) is 5.27. The lowest BCUT2D eigenvalue weighted by atomic mass is 10.2. The maximum Gasteiger partial charge on any atom is 0.410 e. The molecule has 16 heavy (non-hydrogen) atoms. The molecule has 0 fully saturated rings. The van der Waals surface area contributed by atoms with Gasteiger partial charge >= 0.3 is 6.09 Å². The third-order valence-corrected chi connectivity index (χ3v) is 2.07. The van der Waals surface area contributed by atoms with Crippen molar-refractivity contribution in [3.05, 3.63) is 0 Å². The van der Waals surface area contributed by atoms with Crippen molar-refractivity contribution in [2.75, 3.05) is 13.6 Å². The van der Waals surface area contributed by atoms with Crippen molar-refractivity contribution in [1.29, 1.82) is 0 Å². The summed E-state index contributed by atoms with van der Waals surface area (Å²) in [6, 6.07) is -0.0213. The molecule has 0 heterocycles. The van der Waals surface area contributed by atoms with E-state index >= 15 is 0 Å². The van der Waals surface area contributed by atoms with Crippen LogP contribution in [0.25, 0.3) is 0 Å². The zero-order valence-corrected chi connectivity index (χ0v) is 10.6. The van der Waals surface area contributed by atoms with E-state index in [0.717, 1.165) is 0 Å². The smallest absolute Gasteiger partial charge is 0.410 e. The summed E-state index contributed by atoms with van der Waals surface area (Å²) in [7, 11) is 1.67. The number of isocyanates is 1. The van der Waals surface area contributed by atoms with Gasteiger partial charge in [0.2, 0.25) is 6.08 Å². The fraction of sp³-hybridized carbons (Fsp3) is 0.818. The highest BCUT2D eigenvalue weighted by atomic mass is 16.6. The predicted octanol–water partition coefficient (Wildman–Crippen LogP) is 1.97. The zero-order chi connectivity index (χ0) is 12.8. The van der Waals surface area contributed by atoms with Gasteiger partial charge in [-0.15, -0.1) is 0 Å². The fourth-order valence-electron chi connectivity index (χ4n) is 1.00. The molecule has 0 saturated carbocycles. The Morgan fingerprint density at radius 2 is 2.06 bits per heavy atom. The van der Waals surface area contributed by atoms with Gasteiger partial charge in [0.05, 0.1) is 6.54 Å². The van der Waals surface area contributed by atoms with Crippen LogP contribution in [-0.4, -0.2) is 42.3 Å². The SMILES string of the molecule is CC(CCN=C=O)N(C)C(=O)OC(C)(C)C. The van der Waals surface area contributed by atoms with Crippen molar-refractivity contribution in [2.45, 2.75) is 45.8 Å². The second-order valence-corrected chi connectivity index (χ2v) is 4.70. The zero-order valence-electron chi connectivity index (χ0n) is 10.6. The molecule has 1 amide bonds. The summed E-state index contributed by atoms with van der Waals surface area (Å²) in [5, 5.41) is 0. The molecule has 0 aromatic heterocycles. The Labute approximate surface area is 96.5 Å². The number of amides is 1. The molecule has 0 aromatic carbocycles. The van der Waals surface area contributed by atoms with Crippen LogP contribution >= 0.6 is 0 Å². The molecule has 1 atom stereocenters. The van der Waals surface area contributed by atoms with E-state index in [1.54, 1.807) is 7.05 Å². The summed E-state index contributed by atoms with van der Waals surface area (Å²) in [6.07, 6.45) is 1.72. The van der Waals surface area contributed by atoms with Gasteiger partial charge in [0, 0.05) is 13.1 Å². The number of hydrogen-bond donors (Lipinski definition) is 0. The van der Waals surface area contributed by atoms with Gasteiger partial charge in [-0.25, -0.2) is 14.6 Å². The Morgan fingerprint density at radius 3 is 2.50 bits per heavy atom. The fourth-order valence-corrected chi connectivity index (χ4v) is 1.00. The summed E-state index contributed by atoms with van der Waals surface area (Å²) in [6.45, 7) is 7.71. The Hall–Kier alpha value is -1.35. The van der Waals surface area contributed by atoms with Crippen molar-refractivity contribution >= 4 is 12.2 Å². The van der Waals surface area contributed by atoms with Crippen molar-refractivity contribution in [3.8, 4) is 0 Å². The molecular formula is C11H20N2O3. The third kappa shape index (κ3) is 6.19. The van der Waals surface area contributed by atoms with E-state index in [1.807, 2.05) is 27.7 Å². The largest absolute Gasteiger partial charge is 0.444 e. The van der Waals surface area contributed by atoms with Crippen LogP contribution in [-0.2, 0) is 9.53 Å². The average Bonchev–Trinajstić information content (AvgIpc) is 2.14. The van der Waals surface area contributed by atoms with E-state index in [9.17, 15) is 9.59 Å². The lowest BCUT2D eigenvalue weighted by molar-refractivity contribution is 0.0231. The van der Waals surface area contributed by atoms with Gasteiger partial charge in [0.15, 0.2) is 0 Å². The van der Waals surface area contributed by atoms with Crippen molar-refractivity contribution < 1.29 is 14.3 Å². The molecule has 5 heteroatoms. The quantitative estimate of drug-likeness (QED) is 0.546. The number of carbonyl (C=O) groups excluding carboxylic acids is 2. The normalized spacial score (nSPS) is 12.6. The highest BCUT2D eigenvalue weighted by Gasteiger charge is 2.22. The molecule has 0 bridgehead atoms. The summed E-state index contributed by atoms with van der Waals surface area (Å²) in [5.74, 6) is 0. The van der Waals surface area contributed by atoms with Gasteiger partial charge in [-0.1, -0.05) is 0 Å². The van der Waals surface area contributed by atoms with Crippen LogP contribution in [0.2, 0.25) is 0 Å². The number of nitrogens with zero attached hydrogens (tertiary/aromatic N) is 2. The maximum atomic E-state index is 11.6. The molecular weight excluding hydrogens is 208 g/mol. The number of aliphatic imine (C=N–C) groups is 1. The Morgan fingerprint density at radius 1 is 1.50 bits per heavy atom. The minimum Gasteiger partial charge on any atom is -0.444 e. The van der Waals surface area contributed by atoms with Crippen LogP contribution in [0, 0.1) is 0 Å². The molecule has 0 rings (SSSR count). The number of hydrogen-bond acceptors (Lipinski definition) is 4. The molecule has 0 spiro atoms. The Balaban J connectivity index is 4.16. The van der Waals surface area contributed by atoms with Crippen LogP contribution in [0.4, 0.5) is 4.79 Å². The first-order valence-electron chi connectivity index (χ1n) is 5.27. The summed E-state index contributed by atoms with van der Waals surface area (Å²) < 4.78 is 5.21. The van der Waals surface area contributed by atoms with Crippen LogP contribution in [0.5, 0.6) is 0 Å². The van der Waals surface area contributed by atoms with E-state index < -0.39 is 5.60 Å². The van der Waals surface area contributed by atoms with Gasteiger partial charge in [-0.3, -0.25) is 0 Å². The van der Waals surface area contributed by atoms with Gasteiger partial charge in [0.25, 0.3) is 0 Å². The van der Waals surface area contributed by atoms with Gasteiger partial charge in [-0.2, -0.15) is 0 Å². The van der Waals surface area contributed by atoms with E-state index in [1.165, 1.54) is 11.0 Å². The summed E-state index contributed by atoms with van der Waals surface area (Å²) in [4.78, 5) is 26.5. The first kappa shape index (κ1) is 14.6. The van der Waals surface area contributed by atoms with Crippen LogP contribution < -0.4 is 0 Å². The maximum absolute atomic E-state index is 11.6. The molecule has 0 aliphatic rings. The standard InChI is InChI=1S/C11H20N2O3/c1-9(6-7-12-8-14)13(5)10(15)16-11(2,3)4/h9H,6-7H2,1-5H3. The second kappa shape index (κ2) is 6.28. The summed E-state index contributed by atoms with van der Waals surface area (Å²) in [5.41, 5.74) is -0.494. The van der Waals surface area contributed by atoms with Crippen LogP contribution in [0.15, 0.2) is 4.99 Å². The lowest BCUT2D eigenvalue weighted by Gasteiger charge is -2.28. The number of carbonyl (C=O) groups is 1. The molecule has 0 radical (unpaired) electrons. The van der Waals surface area contributed by atoms with Crippen molar-refractivity contribution in [3.63, 3.8) is 0 Å². The molecule has 92 valence electrons. The van der Waals surface area contributed by atoms with E-state index in [4.69, 9.17) is 4.74 Å². The number of rotatable bonds is 4. The molecule has 5 nitrogen and oxygen atoms in total. The molecule has 0 N–H and O–H groups in total. The van der Waals surface area contributed by atoms with E-state index in [0.29, 0.717) is 13.0 Å². The highest BCUT2D eigenvalue weighted by Crippen LogP contribution is 2.11. The molecule has 0 aliphatic heterocycles. The minimum absolute atomic E-state index is 0.0213. The van der Waals surface area contributed by atoms with E-state index in [-0.39, 0.29) is 12.1 Å². The first-order chi connectivity index (χ1) is 7.28. The lowest BCUT2D eigenvalue weighted by Crippen LogP contribution is -2.39. The highest BCUT2D eigenvalue weighted by molar-refractivity contribution is 5.68. The Bertz CT molecular complexity index is 277. The minimum atomic E-state index is -0.494. The van der Waals surface area contributed by atoms with Crippen LogP contribution in [0.3, 0.4) is 0 Å². The predicted molar refractivity (Wildman–Crippen MR) is 61.1 cm³/mol. The van der Waals surface area contributed by atoms with Gasteiger partial charge < -0.3 is 9.64 Å². The third-order valence-electron chi connectivity index (χ3n) is 2.07. The second-order valence-electron chi connectivity index (χ2n) is 4.70. The average molecular weight is 228 g/mol. The van der Waals surface area contributed by atoms with Crippen molar-refractivity contribution in [1.82, 2.24) is 4.90 Å². The van der Waals surface area contributed by atoms with Crippen LogP contribution in [0.1, 0.15) is 34.1 Å². The van der Waals surface area contributed by atoms with Gasteiger partial charge in [0.1, 0.15) is 5.60 Å². The molecule has 1 unspecified atom stereocenters. The van der Waals surface area contributed by atoms with Crippen molar-refractivity contribution in [2.24, 2.45) is 4.99 Å². The topological polar surface area (TPSA) is 59.0 Å². The Kier molecular flexibility index (Phi) is 5.75. The molecule has 0 saturated heterocycles. The number of ether oxygens (including phenoxy) is 1. The van der Waals surface area contributed by atoms with Gasteiger partial charge in [-0.05, 0) is 34.1 Å².